The number of carbonyl (C=O) groups excluding carboxylic acids is 1. The van der Waals surface area contributed by atoms with E-state index in [9.17, 15) is 4.79 Å². The molecule has 2 heterocycles. The van der Waals surface area contributed by atoms with Crippen molar-refractivity contribution in [3.63, 3.8) is 0 Å². The third-order valence-corrected chi connectivity index (χ3v) is 4.42. The normalized spacial score (nSPS) is 16.6. The van der Waals surface area contributed by atoms with E-state index in [2.05, 4.69) is 10.2 Å². The van der Waals surface area contributed by atoms with Gasteiger partial charge in [0, 0.05) is 24.7 Å². The van der Waals surface area contributed by atoms with Crippen LogP contribution in [0.1, 0.15) is 23.2 Å². The first-order chi connectivity index (χ1) is 13.1. The number of benzene rings is 1. The van der Waals surface area contributed by atoms with Crippen LogP contribution in [0.3, 0.4) is 0 Å². The molecule has 1 saturated heterocycles. The second-order valence-electron chi connectivity index (χ2n) is 6.11. The van der Waals surface area contributed by atoms with Crippen molar-refractivity contribution in [2.75, 3.05) is 34.4 Å². The fourth-order valence-electron chi connectivity index (χ4n) is 3.01. The predicted octanol–water partition coefficient (Wildman–Crippen LogP) is 2.19. The van der Waals surface area contributed by atoms with Gasteiger partial charge in [0.05, 0.1) is 33.4 Å². The summed E-state index contributed by atoms with van der Waals surface area (Å²) in [5, 5.41) is 7.88. The van der Waals surface area contributed by atoms with Gasteiger partial charge < -0.3 is 23.8 Å². The van der Waals surface area contributed by atoms with Crippen molar-refractivity contribution in [2.24, 2.45) is 0 Å². The zero-order valence-corrected chi connectivity index (χ0v) is 15.7. The molecule has 1 aromatic heterocycles. The average Bonchev–Trinajstić information content (AvgIpc) is 2.73. The summed E-state index contributed by atoms with van der Waals surface area (Å²) in [4.78, 5) is 14.7. The lowest BCUT2D eigenvalue weighted by Crippen LogP contribution is -2.44. The van der Waals surface area contributed by atoms with Crippen LogP contribution in [-0.4, -0.2) is 61.5 Å². The van der Waals surface area contributed by atoms with Crippen LogP contribution in [0.5, 0.6) is 23.3 Å². The smallest absolute Gasteiger partial charge is 0.257 e. The van der Waals surface area contributed by atoms with Crippen LogP contribution in [0.25, 0.3) is 0 Å². The second-order valence-corrected chi connectivity index (χ2v) is 6.11. The van der Waals surface area contributed by atoms with Gasteiger partial charge in [0.1, 0.15) is 17.6 Å². The Hall–Kier alpha value is -3.03. The van der Waals surface area contributed by atoms with E-state index in [0.717, 1.165) is 12.8 Å². The van der Waals surface area contributed by atoms with E-state index in [4.69, 9.17) is 18.9 Å². The summed E-state index contributed by atoms with van der Waals surface area (Å²) < 4.78 is 21.4. The van der Waals surface area contributed by atoms with Gasteiger partial charge in [-0.1, -0.05) is 0 Å². The maximum absolute atomic E-state index is 13.0. The molecule has 1 aromatic carbocycles. The molecule has 0 spiro atoms. The van der Waals surface area contributed by atoms with Crippen LogP contribution >= 0.6 is 0 Å². The van der Waals surface area contributed by atoms with E-state index in [0.29, 0.717) is 41.9 Å². The molecule has 144 valence electrons. The molecule has 27 heavy (non-hydrogen) atoms. The van der Waals surface area contributed by atoms with Crippen LogP contribution in [0, 0.1) is 0 Å². The molecule has 1 aliphatic rings. The van der Waals surface area contributed by atoms with Crippen molar-refractivity contribution in [3.05, 3.63) is 35.9 Å². The topological polar surface area (TPSA) is 83.0 Å². The van der Waals surface area contributed by atoms with E-state index in [1.165, 1.54) is 14.2 Å². The summed E-state index contributed by atoms with van der Waals surface area (Å²) in [6.45, 7) is 1.14. The first-order valence-corrected chi connectivity index (χ1v) is 8.70. The Morgan fingerprint density at radius 1 is 1.04 bits per heavy atom. The van der Waals surface area contributed by atoms with Crippen molar-refractivity contribution in [3.8, 4) is 23.3 Å². The number of carbonyl (C=O) groups is 1. The molecule has 3 rings (SSSR count). The Kier molecular flexibility index (Phi) is 5.95. The quantitative estimate of drug-likeness (QED) is 0.767. The molecule has 0 aliphatic carbocycles. The lowest BCUT2D eigenvalue weighted by atomic mass is 10.1. The molecule has 0 saturated carbocycles. The number of nitrogens with zero attached hydrogens (tertiary/aromatic N) is 3. The summed E-state index contributed by atoms with van der Waals surface area (Å²) >= 11 is 0. The van der Waals surface area contributed by atoms with Gasteiger partial charge in [-0.05, 0) is 25.0 Å². The highest BCUT2D eigenvalue weighted by atomic mass is 16.5. The minimum atomic E-state index is -0.144. The Labute approximate surface area is 158 Å². The van der Waals surface area contributed by atoms with Gasteiger partial charge in [0.25, 0.3) is 5.91 Å². The number of methoxy groups -OCH3 is 3. The zero-order chi connectivity index (χ0) is 19.2. The van der Waals surface area contributed by atoms with Gasteiger partial charge in [-0.3, -0.25) is 4.79 Å². The van der Waals surface area contributed by atoms with Crippen LogP contribution in [0.15, 0.2) is 30.3 Å². The maximum Gasteiger partial charge on any atom is 0.257 e. The largest absolute Gasteiger partial charge is 0.497 e. The first kappa shape index (κ1) is 18.8. The van der Waals surface area contributed by atoms with E-state index in [1.807, 2.05) is 0 Å². The number of hydrogen-bond donors (Lipinski definition) is 0. The van der Waals surface area contributed by atoms with Gasteiger partial charge in [0.15, 0.2) is 0 Å². The zero-order valence-electron chi connectivity index (χ0n) is 15.7. The lowest BCUT2D eigenvalue weighted by molar-refractivity contribution is 0.0522. The summed E-state index contributed by atoms with van der Waals surface area (Å²) in [7, 11) is 4.64. The van der Waals surface area contributed by atoms with Crippen LogP contribution in [0.4, 0.5) is 0 Å². The van der Waals surface area contributed by atoms with Gasteiger partial charge in [-0.25, -0.2) is 0 Å². The summed E-state index contributed by atoms with van der Waals surface area (Å²) in [6, 6.07) is 8.58. The highest BCUT2D eigenvalue weighted by molar-refractivity contribution is 5.97. The third kappa shape index (κ3) is 4.39. The molecule has 2 aromatic rings. The molecule has 1 unspecified atom stereocenters. The number of piperidine rings is 1. The van der Waals surface area contributed by atoms with E-state index < -0.39 is 0 Å². The molecule has 0 N–H and O–H groups in total. The number of hydrogen-bond acceptors (Lipinski definition) is 7. The second kappa shape index (κ2) is 8.57. The van der Waals surface area contributed by atoms with Gasteiger partial charge in [0.2, 0.25) is 11.8 Å². The highest BCUT2D eigenvalue weighted by Crippen LogP contribution is 2.27. The fraction of sp³-hybridized carbons (Fsp3) is 0.421. The predicted molar refractivity (Wildman–Crippen MR) is 97.7 cm³/mol. The average molecular weight is 373 g/mol. The SMILES string of the molecule is COc1ccc(C(=O)N2CCCC(Oc3ccc(OC)nn3)C2)c(OC)c1. The van der Waals surface area contributed by atoms with Crippen molar-refractivity contribution in [1.29, 1.82) is 0 Å². The summed E-state index contributed by atoms with van der Waals surface area (Å²) in [5.41, 5.74) is 0.503. The highest BCUT2D eigenvalue weighted by Gasteiger charge is 2.27. The van der Waals surface area contributed by atoms with E-state index >= 15 is 0 Å². The van der Waals surface area contributed by atoms with Gasteiger partial charge in [-0.15, -0.1) is 10.2 Å². The van der Waals surface area contributed by atoms with Gasteiger partial charge in [-0.2, -0.15) is 0 Å². The number of ether oxygens (including phenoxy) is 4. The number of likely N-dealkylation sites (tertiary alicyclic amines) is 1. The molecular weight excluding hydrogens is 350 g/mol. The minimum absolute atomic E-state index is 0.0939. The number of amides is 1. The standard InChI is InChI=1S/C19H23N3O5/c1-24-13-6-7-15(16(11-13)25-2)19(23)22-10-4-5-14(12-22)27-18-9-8-17(26-3)20-21-18/h6-9,11,14H,4-5,10,12H2,1-3H3. The van der Waals surface area contributed by atoms with Crippen LogP contribution in [0.2, 0.25) is 0 Å². The first-order valence-electron chi connectivity index (χ1n) is 8.70. The molecule has 0 bridgehead atoms. The molecule has 8 nitrogen and oxygen atoms in total. The molecule has 1 amide bonds. The van der Waals surface area contributed by atoms with Crippen molar-refractivity contribution in [1.82, 2.24) is 15.1 Å². The Morgan fingerprint density at radius 3 is 2.48 bits per heavy atom. The van der Waals surface area contributed by atoms with Crippen molar-refractivity contribution < 1.29 is 23.7 Å². The molecule has 1 atom stereocenters. The Balaban J connectivity index is 1.69. The van der Waals surface area contributed by atoms with Crippen LogP contribution in [-0.2, 0) is 0 Å². The maximum atomic E-state index is 13.0. The third-order valence-electron chi connectivity index (χ3n) is 4.42. The van der Waals surface area contributed by atoms with Crippen LogP contribution < -0.4 is 18.9 Å². The summed E-state index contributed by atoms with van der Waals surface area (Å²) in [5.74, 6) is 1.87. The lowest BCUT2D eigenvalue weighted by Gasteiger charge is -2.32. The van der Waals surface area contributed by atoms with E-state index in [1.54, 1.807) is 42.3 Å². The van der Waals surface area contributed by atoms with Crippen molar-refractivity contribution in [2.45, 2.75) is 18.9 Å². The van der Waals surface area contributed by atoms with Crippen molar-refractivity contribution >= 4 is 5.91 Å². The molecular formula is C19H23N3O5. The molecule has 8 heteroatoms. The molecule has 1 aliphatic heterocycles. The Bertz CT molecular complexity index is 781. The Morgan fingerprint density at radius 2 is 1.81 bits per heavy atom. The van der Waals surface area contributed by atoms with E-state index in [-0.39, 0.29) is 12.0 Å². The van der Waals surface area contributed by atoms with Gasteiger partial charge >= 0.3 is 0 Å². The summed E-state index contributed by atoms with van der Waals surface area (Å²) in [6.07, 6.45) is 1.55. The fourth-order valence-corrected chi connectivity index (χ4v) is 3.01. The monoisotopic (exact) mass is 373 g/mol. The molecule has 0 radical (unpaired) electrons. The number of aromatic nitrogens is 2. The molecule has 1 fully saturated rings. The number of rotatable bonds is 6. The minimum Gasteiger partial charge on any atom is -0.497 e.